The lowest BCUT2D eigenvalue weighted by atomic mass is 9.88. The predicted molar refractivity (Wildman–Crippen MR) is 82.4 cm³/mol. The third-order valence-corrected chi connectivity index (χ3v) is 4.95. The summed E-state index contributed by atoms with van der Waals surface area (Å²) in [6.07, 6.45) is -2.03. The van der Waals surface area contributed by atoms with Gasteiger partial charge in [-0.05, 0) is 43.0 Å². The quantitative estimate of drug-likeness (QED) is 0.866. The first-order valence-corrected chi connectivity index (χ1v) is 7.98. The van der Waals surface area contributed by atoms with Crippen LogP contribution in [0.5, 0.6) is 0 Å². The van der Waals surface area contributed by atoms with Crippen LogP contribution in [0.15, 0.2) is 12.1 Å². The number of piperidine rings is 1. The van der Waals surface area contributed by atoms with Crippen molar-refractivity contribution in [3.05, 3.63) is 28.8 Å². The van der Waals surface area contributed by atoms with Crippen molar-refractivity contribution in [1.29, 1.82) is 5.26 Å². The van der Waals surface area contributed by atoms with Crippen LogP contribution in [0.3, 0.4) is 0 Å². The number of hydrogen-bond acceptors (Lipinski definition) is 3. The molecule has 3 rings (SSSR count). The van der Waals surface area contributed by atoms with Gasteiger partial charge < -0.3 is 10.2 Å². The standard InChI is InChI=1S/C17H20F3N3/c1-23-15-5-7-22-10-13(15)12-8-11(4-2-3-6-21)9-14(16(12)23)17(18,19)20/h8-9,13,15,22H,2-5,7,10H2,1H3/t13-,15-/m1/s1. The Morgan fingerprint density at radius 2 is 2.17 bits per heavy atom. The average molecular weight is 323 g/mol. The Labute approximate surface area is 134 Å². The number of nitrogens with zero attached hydrogens (tertiary/aromatic N) is 2. The Balaban J connectivity index is 2.05. The summed E-state index contributed by atoms with van der Waals surface area (Å²) in [5.41, 5.74) is 1.32. The van der Waals surface area contributed by atoms with E-state index >= 15 is 0 Å². The molecule has 1 fully saturated rings. The van der Waals surface area contributed by atoms with Gasteiger partial charge in [0.2, 0.25) is 0 Å². The normalized spacial score (nSPS) is 23.3. The lowest BCUT2D eigenvalue weighted by Gasteiger charge is -2.31. The van der Waals surface area contributed by atoms with E-state index in [0.29, 0.717) is 30.5 Å². The van der Waals surface area contributed by atoms with Gasteiger partial charge in [-0.25, -0.2) is 0 Å². The molecule has 0 aromatic heterocycles. The molecule has 23 heavy (non-hydrogen) atoms. The number of alkyl halides is 3. The molecule has 1 N–H and O–H groups in total. The molecule has 2 atom stereocenters. The minimum Gasteiger partial charge on any atom is -0.370 e. The number of halogens is 3. The molecule has 1 aromatic rings. The Kier molecular flexibility index (Phi) is 4.24. The summed E-state index contributed by atoms with van der Waals surface area (Å²) >= 11 is 0. The fraction of sp³-hybridized carbons (Fsp3) is 0.588. The Bertz CT molecular complexity index is 633. The zero-order valence-corrected chi connectivity index (χ0v) is 13.1. The summed E-state index contributed by atoms with van der Waals surface area (Å²) in [5.74, 6) is 0.112. The third-order valence-electron chi connectivity index (χ3n) is 4.95. The van der Waals surface area contributed by atoms with E-state index in [1.54, 1.807) is 7.05 Å². The SMILES string of the molecule is CN1c2c(cc(CCCC#N)cc2C(F)(F)F)[C@H]2CNCC[C@H]21. The molecular formula is C17H20F3N3. The zero-order valence-electron chi connectivity index (χ0n) is 13.1. The van der Waals surface area contributed by atoms with E-state index in [4.69, 9.17) is 5.26 Å². The van der Waals surface area contributed by atoms with Gasteiger partial charge in [0.25, 0.3) is 0 Å². The molecule has 0 saturated carbocycles. The van der Waals surface area contributed by atoms with Gasteiger partial charge in [-0.2, -0.15) is 18.4 Å². The van der Waals surface area contributed by atoms with Crippen LogP contribution in [0.4, 0.5) is 18.9 Å². The van der Waals surface area contributed by atoms with Gasteiger partial charge in [-0.3, -0.25) is 0 Å². The van der Waals surface area contributed by atoms with Crippen molar-refractivity contribution in [2.45, 2.75) is 43.8 Å². The minimum absolute atomic E-state index is 0.112. The molecule has 0 radical (unpaired) electrons. The molecule has 2 aliphatic heterocycles. The largest absolute Gasteiger partial charge is 0.418 e. The first-order chi connectivity index (χ1) is 10.9. The fourth-order valence-electron chi connectivity index (χ4n) is 3.92. The molecule has 2 heterocycles. The highest BCUT2D eigenvalue weighted by Crippen LogP contribution is 2.49. The maximum Gasteiger partial charge on any atom is 0.418 e. The minimum atomic E-state index is -4.36. The molecular weight excluding hydrogens is 303 g/mol. The zero-order chi connectivity index (χ0) is 16.6. The van der Waals surface area contributed by atoms with Crippen molar-refractivity contribution in [2.24, 2.45) is 0 Å². The summed E-state index contributed by atoms with van der Waals surface area (Å²) < 4.78 is 40.7. The average Bonchev–Trinajstić information content (AvgIpc) is 2.80. The Morgan fingerprint density at radius 3 is 2.87 bits per heavy atom. The van der Waals surface area contributed by atoms with Crippen LogP contribution in [-0.2, 0) is 12.6 Å². The van der Waals surface area contributed by atoms with Gasteiger partial charge in [0.1, 0.15) is 0 Å². The monoisotopic (exact) mass is 323 g/mol. The molecule has 2 aliphatic rings. The molecule has 1 saturated heterocycles. The van der Waals surface area contributed by atoms with Crippen molar-refractivity contribution in [2.75, 3.05) is 25.0 Å². The van der Waals surface area contributed by atoms with Crippen molar-refractivity contribution in [1.82, 2.24) is 5.32 Å². The van der Waals surface area contributed by atoms with Crippen LogP contribution in [0, 0.1) is 11.3 Å². The Hall–Kier alpha value is -1.74. The third kappa shape index (κ3) is 2.90. The fourth-order valence-corrected chi connectivity index (χ4v) is 3.92. The first-order valence-electron chi connectivity index (χ1n) is 7.98. The maximum absolute atomic E-state index is 13.6. The molecule has 0 bridgehead atoms. The van der Waals surface area contributed by atoms with Crippen LogP contribution in [0.2, 0.25) is 0 Å². The molecule has 6 heteroatoms. The van der Waals surface area contributed by atoms with Gasteiger partial charge in [0.15, 0.2) is 0 Å². The van der Waals surface area contributed by atoms with Crippen LogP contribution in [0.1, 0.15) is 41.9 Å². The molecule has 1 aromatic carbocycles. The van der Waals surface area contributed by atoms with Gasteiger partial charge in [0.05, 0.1) is 17.3 Å². The summed E-state index contributed by atoms with van der Waals surface area (Å²) in [5, 5.41) is 11.9. The number of likely N-dealkylation sites (N-methyl/N-ethyl adjacent to an activating group) is 1. The summed E-state index contributed by atoms with van der Waals surface area (Å²) in [6.45, 7) is 1.57. The number of benzene rings is 1. The molecule has 0 spiro atoms. The van der Waals surface area contributed by atoms with Crippen LogP contribution >= 0.6 is 0 Å². The number of hydrogen-bond donors (Lipinski definition) is 1. The summed E-state index contributed by atoms with van der Waals surface area (Å²) in [4.78, 5) is 1.82. The Morgan fingerprint density at radius 1 is 1.39 bits per heavy atom. The van der Waals surface area contributed by atoms with Gasteiger partial charge in [-0.15, -0.1) is 0 Å². The van der Waals surface area contributed by atoms with Crippen molar-refractivity contribution in [3.63, 3.8) is 0 Å². The number of rotatable bonds is 3. The van der Waals surface area contributed by atoms with Crippen molar-refractivity contribution < 1.29 is 13.2 Å². The lowest BCUT2D eigenvalue weighted by Crippen LogP contribution is -2.42. The number of nitriles is 1. The topological polar surface area (TPSA) is 39.1 Å². The predicted octanol–water partition coefficient (Wildman–Crippen LogP) is 3.45. The van der Waals surface area contributed by atoms with E-state index in [2.05, 4.69) is 5.32 Å². The summed E-state index contributed by atoms with van der Waals surface area (Å²) in [7, 11) is 1.78. The van der Waals surface area contributed by atoms with Gasteiger partial charge >= 0.3 is 6.18 Å². The lowest BCUT2D eigenvalue weighted by molar-refractivity contribution is -0.137. The number of fused-ring (bicyclic) bond motifs is 3. The summed E-state index contributed by atoms with van der Waals surface area (Å²) in [6, 6.07) is 5.39. The van der Waals surface area contributed by atoms with E-state index < -0.39 is 11.7 Å². The van der Waals surface area contributed by atoms with E-state index in [1.165, 1.54) is 6.07 Å². The number of anilines is 1. The van der Waals surface area contributed by atoms with E-state index in [0.717, 1.165) is 25.1 Å². The van der Waals surface area contributed by atoms with Crippen LogP contribution in [0.25, 0.3) is 0 Å². The van der Waals surface area contributed by atoms with Crippen LogP contribution in [-0.4, -0.2) is 26.2 Å². The molecule has 124 valence electrons. The molecule has 0 amide bonds. The highest BCUT2D eigenvalue weighted by Gasteiger charge is 2.44. The van der Waals surface area contributed by atoms with Crippen LogP contribution < -0.4 is 10.2 Å². The number of nitrogens with one attached hydrogen (secondary N) is 1. The van der Waals surface area contributed by atoms with Crippen molar-refractivity contribution >= 4 is 5.69 Å². The second-order valence-electron chi connectivity index (χ2n) is 6.37. The highest BCUT2D eigenvalue weighted by molar-refractivity contribution is 5.68. The molecule has 0 unspecified atom stereocenters. The molecule has 0 aliphatic carbocycles. The highest BCUT2D eigenvalue weighted by atomic mass is 19.4. The van der Waals surface area contributed by atoms with E-state index in [-0.39, 0.29) is 12.0 Å². The van der Waals surface area contributed by atoms with E-state index in [9.17, 15) is 13.2 Å². The maximum atomic E-state index is 13.6. The second kappa shape index (κ2) is 6.04. The number of unbranched alkanes of at least 4 members (excludes halogenated alkanes) is 1. The van der Waals surface area contributed by atoms with Gasteiger partial charge in [-0.1, -0.05) is 6.07 Å². The van der Waals surface area contributed by atoms with E-state index in [1.807, 2.05) is 17.0 Å². The first kappa shape index (κ1) is 16.1. The second-order valence-corrected chi connectivity index (χ2v) is 6.37. The smallest absolute Gasteiger partial charge is 0.370 e. The molecule has 3 nitrogen and oxygen atoms in total. The van der Waals surface area contributed by atoms with Gasteiger partial charge in [0, 0.05) is 32.0 Å². The van der Waals surface area contributed by atoms with Crippen molar-refractivity contribution in [3.8, 4) is 6.07 Å². The number of aryl methyl sites for hydroxylation is 1.